The van der Waals surface area contributed by atoms with E-state index in [1.807, 2.05) is 16.8 Å². The molecule has 1 saturated heterocycles. The average Bonchev–Trinajstić information content (AvgIpc) is 3.46. The van der Waals surface area contributed by atoms with Crippen LogP contribution in [0.1, 0.15) is 23.6 Å². The molecule has 170 valence electrons. The maximum Gasteiger partial charge on any atom is 0.295 e. The number of methoxy groups -OCH3 is 2. The monoisotopic (exact) mass is 447 g/mol. The summed E-state index contributed by atoms with van der Waals surface area (Å²) in [7, 11) is 3.06. The molecule has 1 aliphatic rings. The minimum absolute atomic E-state index is 0.0281. The Hall–Kier alpha value is -4.07. The summed E-state index contributed by atoms with van der Waals surface area (Å²) in [5.74, 6) is -0.571. The van der Waals surface area contributed by atoms with E-state index >= 15 is 0 Å². The van der Waals surface area contributed by atoms with Gasteiger partial charge in [-0.05, 0) is 24.6 Å². The van der Waals surface area contributed by atoms with Crippen LogP contribution in [0.2, 0.25) is 0 Å². The molecule has 8 heteroatoms. The number of ether oxygens (including phenoxy) is 2. The summed E-state index contributed by atoms with van der Waals surface area (Å²) in [6, 6.07) is 13.1. The number of hydrogen-bond acceptors (Lipinski definition) is 6. The summed E-state index contributed by atoms with van der Waals surface area (Å²) in [5.41, 5.74) is 1.05. The van der Waals surface area contributed by atoms with Crippen LogP contribution in [0, 0.1) is 0 Å². The number of ketones is 1. The third-order valence-electron chi connectivity index (χ3n) is 5.69. The van der Waals surface area contributed by atoms with Gasteiger partial charge in [-0.15, -0.1) is 0 Å². The highest BCUT2D eigenvalue weighted by atomic mass is 16.5. The number of likely N-dealkylation sites (tertiary alicyclic amines) is 1. The largest absolute Gasteiger partial charge is 0.507 e. The van der Waals surface area contributed by atoms with Crippen molar-refractivity contribution >= 4 is 17.4 Å². The van der Waals surface area contributed by atoms with Crippen LogP contribution < -0.4 is 9.47 Å². The van der Waals surface area contributed by atoms with Gasteiger partial charge >= 0.3 is 0 Å². The lowest BCUT2D eigenvalue weighted by atomic mass is 9.94. The van der Waals surface area contributed by atoms with E-state index in [4.69, 9.17) is 9.47 Å². The number of benzene rings is 2. The van der Waals surface area contributed by atoms with Crippen molar-refractivity contribution in [2.75, 3.05) is 20.8 Å². The van der Waals surface area contributed by atoms with Crippen LogP contribution in [0.3, 0.4) is 0 Å². The SMILES string of the molecule is COc1ccc(OC)c([C@H]2/C(=C(\O)c3ccccc3)C(=O)C(=O)N2CCCn2ccnc2)c1. The van der Waals surface area contributed by atoms with Gasteiger partial charge in [0.25, 0.3) is 11.7 Å². The van der Waals surface area contributed by atoms with Crippen LogP contribution >= 0.6 is 0 Å². The number of carbonyl (C=O) groups is 2. The average molecular weight is 447 g/mol. The molecule has 0 saturated carbocycles. The second-order valence-corrected chi connectivity index (χ2v) is 7.62. The number of imidazole rings is 1. The second kappa shape index (κ2) is 9.60. The number of aromatic nitrogens is 2. The lowest BCUT2D eigenvalue weighted by Crippen LogP contribution is -2.31. The Morgan fingerprint density at radius 1 is 1.06 bits per heavy atom. The predicted octanol–water partition coefficient (Wildman–Crippen LogP) is 3.41. The van der Waals surface area contributed by atoms with Crippen molar-refractivity contribution < 1.29 is 24.2 Å². The summed E-state index contributed by atoms with van der Waals surface area (Å²) < 4.78 is 12.8. The standard InChI is InChI=1S/C25H25N3O5/c1-32-18-9-10-20(33-2)19(15-18)22-21(23(29)17-7-4-3-5-8-17)24(30)25(31)28(22)13-6-12-27-14-11-26-16-27/h3-5,7-11,14-16,22,29H,6,12-13H2,1-2H3/b23-21+/t22-/m0/s1. The van der Waals surface area contributed by atoms with E-state index in [0.717, 1.165) is 0 Å². The van der Waals surface area contributed by atoms with Crippen LogP contribution in [-0.4, -0.2) is 52.0 Å². The Kier molecular flexibility index (Phi) is 6.44. The van der Waals surface area contributed by atoms with Gasteiger partial charge in [-0.3, -0.25) is 9.59 Å². The minimum Gasteiger partial charge on any atom is -0.507 e. The van der Waals surface area contributed by atoms with Crippen molar-refractivity contribution in [1.29, 1.82) is 0 Å². The van der Waals surface area contributed by atoms with Gasteiger partial charge in [-0.1, -0.05) is 30.3 Å². The summed E-state index contributed by atoms with van der Waals surface area (Å²) in [4.78, 5) is 31.8. The molecule has 2 heterocycles. The number of nitrogens with zero attached hydrogens (tertiary/aromatic N) is 3. The van der Waals surface area contributed by atoms with Crippen LogP contribution in [0.25, 0.3) is 5.76 Å². The molecule has 0 aliphatic carbocycles. The smallest absolute Gasteiger partial charge is 0.295 e. The van der Waals surface area contributed by atoms with Crippen LogP contribution in [-0.2, 0) is 16.1 Å². The van der Waals surface area contributed by atoms with Gasteiger partial charge < -0.3 is 24.0 Å². The highest BCUT2D eigenvalue weighted by molar-refractivity contribution is 6.46. The van der Waals surface area contributed by atoms with Gasteiger partial charge in [-0.25, -0.2) is 4.98 Å². The van der Waals surface area contributed by atoms with Crippen LogP contribution in [0.5, 0.6) is 11.5 Å². The first-order valence-corrected chi connectivity index (χ1v) is 10.6. The number of aliphatic hydroxyl groups excluding tert-OH is 1. The fraction of sp³-hybridized carbons (Fsp3) is 0.240. The fourth-order valence-electron chi connectivity index (χ4n) is 4.08. The maximum absolute atomic E-state index is 13.2. The first kappa shape index (κ1) is 22.1. The highest BCUT2D eigenvalue weighted by Crippen LogP contribution is 2.43. The number of aryl methyl sites for hydroxylation is 1. The highest BCUT2D eigenvalue weighted by Gasteiger charge is 2.47. The minimum atomic E-state index is -0.821. The van der Waals surface area contributed by atoms with Gasteiger partial charge in [0.1, 0.15) is 17.3 Å². The molecule has 8 nitrogen and oxygen atoms in total. The first-order chi connectivity index (χ1) is 16.0. The molecule has 0 radical (unpaired) electrons. The molecule has 1 atom stereocenters. The molecule has 1 fully saturated rings. The number of amides is 1. The Bertz CT molecular complexity index is 1170. The molecule has 1 N–H and O–H groups in total. The molecule has 0 bridgehead atoms. The number of aliphatic hydroxyl groups is 1. The van der Waals surface area contributed by atoms with E-state index in [2.05, 4.69) is 4.98 Å². The lowest BCUT2D eigenvalue weighted by Gasteiger charge is -2.27. The van der Waals surface area contributed by atoms with Gasteiger partial charge in [0.05, 0.1) is 32.2 Å². The molecule has 1 aliphatic heterocycles. The van der Waals surface area contributed by atoms with E-state index in [0.29, 0.717) is 42.1 Å². The molecule has 4 rings (SSSR count). The normalized spacial score (nSPS) is 17.4. The van der Waals surface area contributed by atoms with Crippen molar-refractivity contribution in [1.82, 2.24) is 14.5 Å². The van der Waals surface area contributed by atoms with Crippen molar-refractivity contribution in [2.45, 2.75) is 19.0 Å². The summed E-state index contributed by atoms with van der Waals surface area (Å²) in [6.07, 6.45) is 5.82. The Morgan fingerprint density at radius 3 is 2.52 bits per heavy atom. The summed E-state index contributed by atoms with van der Waals surface area (Å²) >= 11 is 0. The second-order valence-electron chi connectivity index (χ2n) is 7.62. The van der Waals surface area contributed by atoms with E-state index in [-0.39, 0.29) is 11.3 Å². The third kappa shape index (κ3) is 4.32. The zero-order chi connectivity index (χ0) is 23.4. The summed E-state index contributed by atoms with van der Waals surface area (Å²) in [6.45, 7) is 0.934. The van der Waals surface area contributed by atoms with Crippen LogP contribution in [0.4, 0.5) is 0 Å². The van der Waals surface area contributed by atoms with Gasteiger partial charge in [-0.2, -0.15) is 0 Å². The Labute approximate surface area is 191 Å². The molecule has 1 amide bonds. The zero-order valence-electron chi connectivity index (χ0n) is 18.5. The van der Waals surface area contributed by atoms with Gasteiger partial charge in [0, 0.05) is 36.6 Å². The van der Waals surface area contributed by atoms with Crippen molar-refractivity contribution in [2.24, 2.45) is 0 Å². The van der Waals surface area contributed by atoms with E-state index in [9.17, 15) is 14.7 Å². The fourth-order valence-corrected chi connectivity index (χ4v) is 4.08. The molecule has 1 aromatic heterocycles. The number of rotatable bonds is 8. The molecule has 2 aromatic carbocycles. The lowest BCUT2D eigenvalue weighted by molar-refractivity contribution is -0.140. The van der Waals surface area contributed by atoms with Crippen molar-refractivity contribution in [3.8, 4) is 11.5 Å². The van der Waals surface area contributed by atoms with Crippen molar-refractivity contribution in [3.63, 3.8) is 0 Å². The molecule has 0 unspecified atom stereocenters. The predicted molar refractivity (Wildman–Crippen MR) is 122 cm³/mol. The number of carbonyl (C=O) groups excluding carboxylic acids is 2. The van der Waals surface area contributed by atoms with Crippen LogP contribution in [0.15, 0.2) is 72.8 Å². The quantitative estimate of drug-likeness (QED) is 0.323. The molecular weight excluding hydrogens is 422 g/mol. The molecule has 3 aromatic rings. The summed E-state index contributed by atoms with van der Waals surface area (Å²) in [5, 5.41) is 11.1. The first-order valence-electron chi connectivity index (χ1n) is 10.6. The third-order valence-corrected chi connectivity index (χ3v) is 5.69. The Morgan fingerprint density at radius 2 is 1.85 bits per heavy atom. The van der Waals surface area contributed by atoms with Crippen molar-refractivity contribution in [3.05, 3.63) is 84.0 Å². The maximum atomic E-state index is 13.2. The van der Waals surface area contributed by atoms with E-state index in [1.54, 1.807) is 55.0 Å². The number of hydrogen-bond donors (Lipinski definition) is 1. The molecular formula is C25H25N3O5. The molecule has 33 heavy (non-hydrogen) atoms. The van der Waals surface area contributed by atoms with Gasteiger partial charge in [0.15, 0.2) is 0 Å². The van der Waals surface area contributed by atoms with E-state index < -0.39 is 17.7 Å². The zero-order valence-corrected chi connectivity index (χ0v) is 18.5. The molecule has 0 spiro atoms. The number of Topliss-reactive ketones (excluding diaryl/α,β-unsaturated/α-hetero) is 1. The topological polar surface area (TPSA) is 93.9 Å². The van der Waals surface area contributed by atoms with E-state index in [1.165, 1.54) is 19.1 Å². The Balaban J connectivity index is 1.80. The van der Waals surface area contributed by atoms with Gasteiger partial charge in [0.2, 0.25) is 0 Å².